The SMILES string of the molecule is COC(=O)[C@@]1(C)/C(=N\NS(=O)(=O)c2ccc(C)cc2)CCC[C@H]1C. The zero-order valence-electron chi connectivity index (χ0n) is 14.5. The Bertz CT molecular complexity index is 740. The normalized spacial score (nSPS) is 26.2. The molecule has 0 spiro atoms. The molecule has 0 radical (unpaired) electrons. The summed E-state index contributed by atoms with van der Waals surface area (Å²) in [6.45, 7) is 5.61. The van der Waals surface area contributed by atoms with Gasteiger partial charge in [0.2, 0.25) is 0 Å². The van der Waals surface area contributed by atoms with E-state index in [0.29, 0.717) is 12.1 Å². The van der Waals surface area contributed by atoms with E-state index in [-0.39, 0.29) is 16.8 Å². The highest BCUT2D eigenvalue weighted by Gasteiger charge is 2.47. The lowest BCUT2D eigenvalue weighted by atomic mass is 9.67. The number of methoxy groups -OCH3 is 1. The van der Waals surface area contributed by atoms with E-state index < -0.39 is 15.4 Å². The summed E-state index contributed by atoms with van der Waals surface area (Å²) >= 11 is 0. The Morgan fingerprint density at radius 2 is 1.96 bits per heavy atom. The van der Waals surface area contributed by atoms with E-state index >= 15 is 0 Å². The second-order valence-electron chi connectivity index (χ2n) is 6.45. The highest BCUT2D eigenvalue weighted by Crippen LogP contribution is 2.39. The second kappa shape index (κ2) is 6.93. The van der Waals surface area contributed by atoms with Crippen molar-refractivity contribution >= 4 is 21.7 Å². The van der Waals surface area contributed by atoms with Gasteiger partial charge in [-0.1, -0.05) is 24.6 Å². The van der Waals surface area contributed by atoms with E-state index in [0.717, 1.165) is 18.4 Å². The molecule has 1 N–H and O–H groups in total. The van der Waals surface area contributed by atoms with Crippen LogP contribution in [0.5, 0.6) is 0 Å². The number of hydrazone groups is 1. The maximum absolute atomic E-state index is 12.4. The van der Waals surface area contributed by atoms with Crippen molar-refractivity contribution < 1.29 is 17.9 Å². The van der Waals surface area contributed by atoms with Gasteiger partial charge in [-0.05, 0) is 51.2 Å². The third-order valence-corrected chi connectivity index (χ3v) is 6.10. The van der Waals surface area contributed by atoms with Crippen LogP contribution in [-0.2, 0) is 19.6 Å². The number of hydrogen-bond acceptors (Lipinski definition) is 5. The molecule has 0 amide bonds. The van der Waals surface area contributed by atoms with Gasteiger partial charge in [0.15, 0.2) is 0 Å². The fourth-order valence-electron chi connectivity index (χ4n) is 3.00. The van der Waals surface area contributed by atoms with Crippen molar-refractivity contribution in [2.75, 3.05) is 7.11 Å². The van der Waals surface area contributed by atoms with Crippen molar-refractivity contribution in [3.05, 3.63) is 29.8 Å². The molecule has 0 heterocycles. The number of esters is 1. The predicted octanol–water partition coefficient (Wildman–Crippen LogP) is 2.63. The molecule has 0 aliphatic heterocycles. The lowest BCUT2D eigenvalue weighted by molar-refractivity contribution is -0.150. The molecule has 24 heavy (non-hydrogen) atoms. The Morgan fingerprint density at radius 1 is 1.33 bits per heavy atom. The molecule has 6 nitrogen and oxygen atoms in total. The molecule has 0 unspecified atom stereocenters. The molecule has 1 aliphatic rings. The van der Waals surface area contributed by atoms with Gasteiger partial charge in [0.05, 0.1) is 17.7 Å². The number of rotatable bonds is 4. The van der Waals surface area contributed by atoms with Gasteiger partial charge >= 0.3 is 5.97 Å². The Balaban J connectivity index is 2.31. The summed E-state index contributed by atoms with van der Waals surface area (Å²) in [6.07, 6.45) is 2.29. The van der Waals surface area contributed by atoms with Crippen LogP contribution in [0.15, 0.2) is 34.3 Å². The molecule has 1 aromatic carbocycles. The van der Waals surface area contributed by atoms with E-state index in [1.54, 1.807) is 19.1 Å². The lowest BCUT2D eigenvalue weighted by Gasteiger charge is -2.37. The second-order valence-corrected chi connectivity index (χ2v) is 8.11. The fourth-order valence-corrected chi connectivity index (χ4v) is 3.83. The standard InChI is InChI=1S/C17H24N2O4S/c1-12-8-10-14(11-9-12)24(21,22)19-18-15-7-5-6-13(2)17(15,3)16(20)23-4/h8-11,13,19H,5-7H2,1-4H3/b18-15-/t13-,17-/m1/s1. The van der Waals surface area contributed by atoms with Crippen molar-refractivity contribution in [1.82, 2.24) is 4.83 Å². The summed E-state index contributed by atoms with van der Waals surface area (Å²) in [5.74, 6) is -0.357. The zero-order chi connectivity index (χ0) is 18.0. The average Bonchev–Trinajstić information content (AvgIpc) is 2.55. The summed E-state index contributed by atoms with van der Waals surface area (Å²) < 4.78 is 29.7. The largest absolute Gasteiger partial charge is 0.468 e. The molecular formula is C17H24N2O4S. The van der Waals surface area contributed by atoms with E-state index in [1.165, 1.54) is 19.2 Å². The minimum absolute atomic E-state index is 0.0290. The number of benzene rings is 1. The van der Waals surface area contributed by atoms with Crippen LogP contribution in [0.25, 0.3) is 0 Å². The highest BCUT2D eigenvalue weighted by molar-refractivity contribution is 7.89. The first-order chi connectivity index (χ1) is 11.2. The number of sulfonamides is 1. The van der Waals surface area contributed by atoms with Crippen LogP contribution in [0.4, 0.5) is 0 Å². The quantitative estimate of drug-likeness (QED) is 0.667. The van der Waals surface area contributed by atoms with Crippen LogP contribution in [0.2, 0.25) is 0 Å². The monoisotopic (exact) mass is 352 g/mol. The summed E-state index contributed by atoms with van der Waals surface area (Å²) in [5.41, 5.74) is 0.575. The molecule has 2 rings (SSSR count). The van der Waals surface area contributed by atoms with Crippen molar-refractivity contribution in [2.45, 2.75) is 44.9 Å². The molecule has 7 heteroatoms. The van der Waals surface area contributed by atoms with E-state index in [1.807, 2.05) is 13.8 Å². The minimum atomic E-state index is -3.77. The molecule has 2 atom stereocenters. The molecule has 0 aromatic heterocycles. The van der Waals surface area contributed by atoms with Crippen molar-refractivity contribution in [3.63, 3.8) is 0 Å². The van der Waals surface area contributed by atoms with Crippen LogP contribution in [0.1, 0.15) is 38.7 Å². The van der Waals surface area contributed by atoms with Gasteiger partial charge < -0.3 is 4.74 Å². The molecule has 1 aromatic rings. The Morgan fingerprint density at radius 3 is 2.54 bits per heavy atom. The lowest BCUT2D eigenvalue weighted by Crippen LogP contribution is -2.46. The number of nitrogens with one attached hydrogen (secondary N) is 1. The van der Waals surface area contributed by atoms with Crippen molar-refractivity contribution in [1.29, 1.82) is 0 Å². The van der Waals surface area contributed by atoms with E-state index in [9.17, 15) is 13.2 Å². The topological polar surface area (TPSA) is 84.8 Å². The van der Waals surface area contributed by atoms with Crippen LogP contribution < -0.4 is 4.83 Å². The van der Waals surface area contributed by atoms with Gasteiger partial charge in [-0.25, -0.2) is 4.83 Å². The summed E-state index contributed by atoms with van der Waals surface area (Å²) in [5, 5.41) is 4.10. The third-order valence-electron chi connectivity index (χ3n) is 4.88. The van der Waals surface area contributed by atoms with Crippen LogP contribution in [0.3, 0.4) is 0 Å². The molecule has 1 saturated carbocycles. The predicted molar refractivity (Wildman–Crippen MR) is 92.1 cm³/mol. The first-order valence-electron chi connectivity index (χ1n) is 7.95. The van der Waals surface area contributed by atoms with Gasteiger partial charge in [-0.3, -0.25) is 4.79 Å². The summed E-state index contributed by atoms with van der Waals surface area (Å²) in [4.78, 5) is 14.7. The molecule has 1 fully saturated rings. The van der Waals surface area contributed by atoms with Gasteiger partial charge in [0.25, 0.3) is 10.0 Å². The van der Waals surface area contributed by atoms with E-state index in [4.69, 9.17) is 4.74 Å². The van der Waals surface area contributed by atoms with Crippen molar-refractivity contribution in [3.8, 4) is 0 Å². The highest BCUT2D eigenvalue weighted by atomic mass is 32.2. The number of hydrogen-bond donors (Lipinski definition) is 1. The first kappa shape index (κ1) is 18.4. The Labute approximate surface area is 143 Å². The number of carbonyl (C=O) groups excluding carboxylic acids is 1. The van der Waals surface area contributed by atoms with Crippen LogP contribution >= 0.6 is 0 Å². The third kappa shape index (κ3) is 3.45. The Hall–Kier alpha value is -1.89. The molecule has 132 valence electrons. The van der Waals surface area contributed by atoms with Gasteiger partial charge in [-0.2, -0.15) is 13.5 Å². The van der Waals surface area contributed by atoms with Crippen LogP contribution in [0, 0.1) is 18.3 Å². The molecular weight excluding hydrogens is 328 g/mol. The minimum Gasteiger partial charge on any atom is -0.468 e. The summed E-state index contributed by atoms with van der Waals surface area (Å²) in [6, 6.07) is 6.51. The maximum Gasteiger partial charge on any atom is 0.317 e. The Kier molecular flexibility index (Phi) is 5.32. The number of carbonyl (C=O) groups is 1. The van der Waals surface area contributed by atoms with E-state index in [2.05, 4.69) is 9.93 Å². The van der Waals surface area contributed by atoms with Gasteiger partial charge in [0.1, 0.15) is 5.41 Å². The van der Waals surface area contributed by atoms with Gasteiger partial charge in [0, 0.05) is 0 Å². The molecule has 0 bridgehead atoms. The number of nitrogens with zero attached hydrogens (tertiary/aromatic N) is 1. The van der Waals surface area contributed by atoms with Gasteiger partial charge in [-0.15, -0.1) is 0 Å². The van der Waals surface area contributed by atoms with Crippen LogP contribution in [-0.4, -0.2) is 27.2 Å². The fraction of sp³-hybridized carbons (Fsp3) is 0.529. The molecule has 0 saturated heterocycles. The number of aryl methyl sites for hydroxylation is 1. The maximum atomic E-state index is 12.4. The summed E-state index contributed by atoms with van der Waals surface area (Å²) in [7, 11) is -2.43. The molecule has 1 aliphatic carbocycles. The van der Waals surface area contributed by atoms with Crippen molar-refractivity contribution in [2.24, 2.45) is 16.4 Å². The smallest absolute Gasteiger partial charge is 0.317 e. The number of ether oxygens (including phenoxy) is 1. The zero-order valence-corrected chi connectivity index (χ0v) is 15.3. The first-order valence-corrected chi connectivity index (χ1v) is 9.44. The average molecular weight is 352 g/mol.